The van der Waals surface area contributed by atoms with Crippen LogP contribution in [0.5, 0.6) is 0 Å². The molecular weight excluding hydrogens is 290 g/mol. The fraction of sp³-hybridized carbons (Fsp3) is 0.267. The lowest BCUT2D eigenvalue weighted by molar-refractivity contribution is 0.0690. The Morgan fingerprint density at radius 1 is 1.33 bits per heavy atom. The van der Waals surface area contributed by atoms with Gasteiger partial charge in [-0.2, -0.15) is 0 Å². The lowest BCUT2D eigenvalue weighted by Gasteiger charge is -2.11. The van der Waals surface area contributed by atoms with Crippen LogP contribution in [0.25, 0.3) is 11.4 Å². The lowest BCUT2D eigenvalue weighted by Crippen LogP contribution is -2.12. The Bertz CT molecular complexity index is 659. The van der Waals surface area contributed by atoms with Gasteiger partial charge in [-0.15, -0.1) is 0 Å². The van der Waals surface area contributed by atoms with Crippen molar-refractivity contribution < 1.29 is 9.90 Å². The minimum Gasteiger partial charge on any atom is -0.477 e. The molecule has 0 spiro atoms. The second kappa shape index (κ2) is 6.54. The summed E-state index contributed by atoms with van der Waals surface area (Å²) < 4.78 is 0. The van der Waals surface area contributed by atoms with Crippen molar-refractivity contribution in [2.24, 2.45) is 5.92 Å². The average Bonchev–Trinajstić information content (AvgIpc) is 2.45. The molecule has 2 N–H and O–H groups in total. The zero-order valence-corrected chi connectivity index (χ0v) is 12.6. The van der Waals surface area contributed by atoms with E-state index in [1.165, 1.54) is 6.07 Å². The Labute approximate surface area is 128 Å². The predicted molar refractivity (Wildman–Crippen MR) is 82.8 cm³/mol. The monoisotopic (exact) mass is 305 g/mol. The van der Waals surface area contributed by atoms with E-state index in [0.29, 0.717) is 34.7 Å². The summed E-state index contributed by atoms with van der Waals surface area (Å²) in [5, 5.41) is 12.8. The number of nitrogens with zero attached hydrogens (tertiary/aromatic N) is 2. The smallest absolute Gasteiger partial charge is 0.354 e. The minimum atomic E-state index is -1.10. The molecule has 0 unspecified atom stereocenters. The summed E-state index contributed by atoms with van der Waals surface area (Å²) >= 11 is 6.12. The number of benzene rings is 1. The van der Waals surface area contributed by atoms with E-state index in [1.54, 1.807) is 24.3 Å². The van der Waals surface area contributed by atoms with Gasteiger partial charge in [0.05, 0.1) is 5.02 Å². The Morgan fingerprint density at radius 2 is 2.05 bits per heavy atom. The number of carbonyl (C=O) groups is 1. The van der Waals surface area contributed by atoms with Crippen molar-refractivity contribution in [3.05, 3.63) is 41.0 Å². The van der Waals surface area contributed by atoms with E-state index >= 15 is 0 Å². The third kappa shape index (κ3) is 3.92. The zero-order chi connectivity index (χ0) is 15.4. The number of carboxylic acid groups (broad SMARTS) is 1. The molecule has 0 aliphatic heterocycles. The van der Waals surface area contributed by atoms with Crippen LogP contribution in [0.3, 0.4) is 0 Å². The second-order valence-corrected chi connectivity index (χ2v) is 5.43. The first-order valence-electron chi connectivity index (χ1n) is 6.58. The van der Waals surface area contributed by atoms with Crippen LogP contribution in [-0.4, -0.2) is 27.6 Å². The Balaban J connectivity index is 2.45. The van der Waals surface area contributed by atoms with Gasteiger partial charge in [0.15, 0.2) is 11.5 Å². The maximum Gasteiger partial charge on any atom is 0.354 e. The zero-order valence-electron chi connectivity index (χ0n) is 11.8. The van der Waals surface area contributed by atoms with Crippen LogP contribution in [0.15, 0.2) is 30.3 Å². The summed E-state index contributed by atoms with van der Waals surface area (Å²) in [5.41, 5.74) is 0.543. The molecule has 1 heterocycles. The molecule has 110 valence electrons. The van der Waals surface area contributed by atoms with Crippen LogP contribution in [0.2, 0.25) is 5.02 Å². The highest BCUT2D eigenvalue weighted by Gasteiger charge is 2.13. The Hall–Kier alpha value is -2.14. The largest absolute Gasteiger partial charge is 0.477 e. The third-order valence-electron chi connectivity index (χ3n) is 2.75. The summed E-state index contributed by atoms with van der Waals surface area (Å²) in [6.45, 7) is 4.81. The molecule has 0 saturated heterocycles. The van der Waals surface area contributed by atoms with Gasteiger partial charge in [0.2, 0.25) is 0 Å². The van der Waals surface area contributed by atoms with Gasteiger partial charge in [-0.3, -0.25) is 0 Å². The van der Waals surface area contributed by atoms with Crippen molar-refractivity contribution in [1.29, 1.82) is 0 Å². The van der Waals surface area contributed by atoms with E-state index in [-0.39, 0.29) is 5.69 Å². The third-order valence-corrected chi connectivity index (χ3v) is 3.08. The number of aromatic nitrogens is 2. The van der Waals surface area contributed by atoms with Gasteiger partial charge in [-0.05, 0) is 18.1 Å². The highest BCUT2D eigenvalue weighted by Crippen LogP contribution is 2.26. The van der Waals surface area contributed by atoms with Crippen molar-refractivity contribution in [2.45, 2.75) is 13.8 Å². The van der Waals surface area contributed by atoms with Gasteiger partial charge < -0.3 is 10.4 Å². The van der Waals surface area contributed by atoms with Crippen molar-refractivity contribution in [3.8, 4) is 11.4 Å². The second-order valence-electron chi connectivity index (χ2n) is 5.02. The summed E-state index contributed by atoms with van der Waals surface area (Å²) in [5.74, 6) is 0.0908. The van der Waals surface area contributed by atoms with E-state index in [4.69, 9.17) is 11.6 Å². The number of hydrogen-bond acceptors (Lipinski definition) is 4. The number of rotatable bonds is 5. The molecule has 1 aromatic heterocycles. The van der Waals surface area contributed by atoms with E-state index in [0.717, 1.165) is 0 Å². The maximum absolute atomic E-state index is 11.2. The van der Waals surface area contributed by atoms with Gasteiger partial charge in [0, 0.05) is 18.2 Å². The number of halogens is 1. The first-order chi connectivity index (χ1) is 9.97. The molecule has 0 amide bonds. The molecule has 0 fully saturated rings. The van der Waals surface area contributed by atoms with Crippen molar-refractivity contribution in [3.63, 3.8) is 0 Å². The van der Waals surface area contributed by atoms with Gasteiger partial charge >= 0.3 is 5.97 Å². The van der Waals surface area contributed by atoms with Crippen molar-refractivity contribution >= 4 is 23.4 Å². The average molecular weight is 306 g/mol. The molecule has 0 atom stereocenters. The Morgan fingerprint density at radius 3 is 2.67 bits per heavy atom. The van der Waals surface area contributed by atoms with Gasteiger partial charge in [0.1, 0.15) is 5.82 Å². The lowest BCUT2D eigenvalue weighted by atomic mass is 10.2. The van der Waals surface area contributed by atoms with Crippen LogP contribution in [0, 0.1) is 5.92 Å². The van der Waals surface area contributed by atoms with E-state index < -0.39 is 5.97 Å². The highest BCUT2D eigenvalue weighted by molar-refractivity contribution is 6.33. The summed E-state index contributed by atoms with van der Waals surface area (Å²) in [6, 6.07) is 8.50. The molecule has 0 saturated carbocycles. The number of carboxylic acids is 1. The van der Waals surface area contributed by atoms with Gasteiger partial charge in [-0.1, -0.05) is 37.6 Å². The molecule has 1 aromatic carbocycles. The Kier molecular flexibility index (Phi) is 4.75. The maximum atomic E-state index is 11.2. The molecule has 21 heavy (non-hydrogen) atoms. The van der Waals surface area contributed by atoms with Gasteiger partial charge in [0.25, 0.3) is 0 Å². The van der Waals surface area contributed by atoms with Crippen LogP contribution < -0.4 is 5.32 Å². The minimum absolute atomic E-state index is 0.0637. The fourth-order valence-electron chi connectivity index (χ4n) is 1.72. The first-order valence-corrected chi connectivity index (χ1v) is 6.96. The van der Waals surface area contributed by atoms with E-state index in [2.05, 4.69) is 29.1 Å². The van der Waals surface area contributed by atoms with E-state index in [1.807, 2.05) is 0 Å². The number of aromatic carboxylic acids is 1. The predicted octanol–water partition coefficient (Wildman–Crippen LogP) is 3.56. The molecule has 0 radical (unpaired) electrons. The molecule has 2 rings (SSSR count). The molecule has 5 nitrogen and oxygen atoms in total. The van der Waals surface area contributed by atoms with Crippen molar-refractivity contribution in [2.75, 3.05) is 11.9 Å². The van der Waals surface area contributed by atoms with Gasteiger partial charge in [-0.25, -0.2) is 14.8 Å². The molecule has 2 aromatic rings. The highest BCUT2D eigenvalue weighted by atomic mass is 35.5. The molecule has 0 aliphatic rings. The SMILES string of the molecule is CC(C)CNc1cc(C(=O)O)nc(-c2ccccc2Cl)n1. The quantitative estimate of drug-likeness (QED) is 0.883. The number of hydrogen-bond donors (Lipinski definition) is 2. The first kappa shape index (κ1) is 15.3. The van der Waals surface area contributed by atoms with Crippen molar-refractivity contribution in [1.82, 2.24) is 9.97 Å². The van der Waals surface area contributed by atoms with Crippen LogP contribution >= 0.6 is 11.6 Å². The normalized spacial score (nSPS) is 10.7. The van der Waals surface area contributed by atoms with Crippen LogP contribution in [-0.2, 0) is 0 Å². The van der Waals surface area contributed by atoms with Crippen LogP contribution in [0.4, 0.5) is 5.82 Å². The molecule has 0 aliphatic carbocycles. The summed E-state index contributed by atoms with van der Waals surface area (Å²) in [6.07, 6.45) is 0. The standard InChI is InChI=1S/C15H16ClN3O2/c1-9(2)8-17-13-7-12(15(20)21)18-14(19-13)10-5-3-4-6-11(10)16/h3-7,9H,8H2,1-2H3,(H,20,21)(H,17,18,19). The van der Waals surface area contributed by atoms with E-state index in [9.17, 15) is 9.90 Å². The number of nitrogens with one attached hydrogen (secondary N) is 1. The van der Waals surface area contributed by atoms with Crippen LogP contribution in [0.1, 0.15) is 24.3 Å². The summed E-state index contributed by atoms with van der Waals surface area (Å²) in [7, 11) is 0. The topological polar surface area (TPSA) is 75.1 Å². The molecule has 0 bridgehead atoms. The molecular formula is C15H16ClN3O2. The fourth-order valence-corrected chi connectivity index (χ4v) is 1.94. The molecule has 6 heteroatoms. The summed E-state index contributed by atoms with van der Waals surface area (Å²) in [4.78, 5) is 19.6. The number of anilines is 1.